The Hall–Kier alpha value is -1.64. The van der Waals surface area contributed by atoms with E-state index in [2.05, 4.69) is 11.9 Å². The van der Waals surface area contributed by atoms with E-state index in [1.807, 2.05) is 0 Å². The van der Waals surface area contributed by atoms with E-state index in [-0.39, 0.29) is 23.3 Å². The van der Waals surface area contributed by atoms with Crippen molar-refractivity contribution >= 4 is 39.2 Å². The van der Waals surface area contributed by atoms with Crippen LogP contribution in [0.25, 0.3) is 10.2 Å². The van der Waals surface area contributed by atoms with E-state index in [9.17, 15) is 9.59 Å². The molecule has 0 bridgehead atoms. The van der Waals surface area contributed by atoms with Gasteiger partial charge >= 0.3 is 0 Å². The molecule has 1 N–H and O–H groups in total. The largest absolute Gasteiger partial charge is 0.376 e. The normalized spacial score (nSPS) is 18.7. The van der Waals surface area contributed by atoms with Gasteiger partial charge in [-0.2, -0.15) is 0 Å². The number of aromatic nitrogens is 2. The Bertz CT molecular complexity index is 928. The molecule has 1 atom stereocenters. The molecular weight excluding hydrogens is 382 g/mol. The zero-order valence-electron chi connectivity index (χ0n) is 15.2. The number of nitrogens with zero attached hydrogens (tertiary/aromatic N) is 2. The molecule has 3 heterocycles. The van der Waals surface area contributed by atoms with Crippen LogP contribution in [0.3, 0.4) is 0 Å². The summed E-state index contributed by atoms with van der Waals surface area (Å²) in [5, 5.41) is 4.26. The van der Waals surface area contributed by atoms with Crippen molar-refractivity contribution in [1.29, 1.82) is 0 Å². The number of ether oxygens (including phenoxy) is 1. The first-order valence-electron chi connectivity index (χ1n) is 9.34. The second-order valence-corrected chi connectivity index (χ2v) is 8.89. The molecule has 27 heavy (non-hydrogen) atoms. The maximum Gasteiger partial charge on any atom is 0.263 e. The fourth-order valence-corrected chi connectivity index (χ4v) is 5.81. The smallest absolute Gasteiger partial charge is 0.263 e. The van der Waals surface area contributed by atoms with Crippen LogP contribution in [-0.2, 0) is 28.9 Å². The van der Waals surface area contributed by atoms with Crippen LogP contribution in [0.2, 0.25) is 0 Å². The van der Waals surface area contributed by atoms with Gasteiger partial charge in [-0.15, -0.1) is 17.9 Å². The summed E-state index contributed by atoms with van der Waals surface area (Å²) in [5.74, 6) is 0.163. The van der Waals surface area contributed by atoms with Crippen LogP contribution in [-0.4, -0.2) is 40.5 Å². The minimum Gasteiger partial charge on any atom is -0.376 e. The molecular formula is C19H23N3O3S2. The van der Waals surface area contributed by atoms with Crippen LogP contribution < -0.4 is 10.9 Å². The highest BCUT2D eigenvalue weighted by Crippen LogP contribution is 2.35. The third-order valence-corrected chi connectivity index (χ3v) is 7.15. The molecule has 1 amide bonds. The first-order valence-corrected chi connectivity index (χ1v) is 11.1. The third-order valence-electron chi connectivity index (χ3n) is 4.98. The third kappa shape index (κ3) is 3.83. The summed E-state index contributed by atoms with van der Waals surface area (Å²) in [4.78, 5) is 32.0. The molecule has 6 nitrogen and oxygen atoms in total. The molecule has 8 heteroatoms. The number of carbonyl (C=O) groups is 1. The predicted octanol–water partition coefficient (Wildman–Crippen LogP) is 2.52. The molecule has 1 aliphatic carbocycles. The summed E-state index contributed by atoms with van der Waals surface area (Å²) in [6, 6.07) is 0. The summed E-state index contributed by atoms with van der Waals surface area (Å²) in [6.07, 6.45) is 6.97. The molecule has 1 fully saturated rings. The van der Waals surface area contributed by atoms with Crippen molar-refractivity contribution < 1.29 is 9.53 Å². The molecule has 2 aliphatic rings. The lowest BCUT2D eigenvalue weighted by Crippen LogP contribution is -2.33. The number of fused-ring (bicyclic) bond motifs is 3. The molecule has 144 valence electrons. The summed E-state index contributed by atoms with van der Waals surface area (Å²) < 4.78 is 7.16. The number of aryl methyl sites for hydroxylation is 2. The van der Waals surface area contributed by atoms with Crippen LogP contribution in [0.5, 0.6) is 0 Å². The number of thiophene rings is 1. The van der Waals surface area contributed by atoms with Crippen molar-refractivity contribution in [1.82, 2.24) is 14.9 Å². The van der Waals surface area contributed by atoms with E-state index in [0.717, 1.165) is 48.9 Å². The first kappa shape index (κ1) is 18.7. The number of thioether (sulfide) groups is 1. The quantitative estimate of drug-likeness (QED) is 0.435. The maximum atomic E-state index is 13.1. The van der Waals surface area contributed by atoms with Gasteiger partial charge in [-0.1, -0.05) is 17.8 Å². The van der Waals surface area contributed by atoms with E-state index in [0.29, 0.717) is 18.2 Å². The van der Waals surface area contributed by atoms with Gasteiger partial charge in [0.1, 0.15) is 4.83 Å². The lowest BCUT2D eigenvalue weighted by atomic mass is 10.2. The van der Waals surface area contributed by atoms with Crippen LogP contribution in [0, 0.1) is 0 Å². The fraction of sp³-hybridized carbons (Fsp3) is 0.526. The lowest BCUT2D eigenvalue weighted by molar-refractivity contribution is -0.119. The van der Waals surface area contributed by atoms with Crippen molar-refractivity contribution in [3.8, 4) is 0 Å². The Morgan fingerprint density at radius 1 is 1.44 bits per heavy atom. The van der Waals surface area contributed by atoms with Crippen molar-refractivity contribution in [3.63, 3.8) is 0 Å². The van der Waals surface area contributed by atoms with E-state index in [1.54, 1.807) is 22.0 Å². The lowest BCUT2D eigenvalue weighted by Gasteiger charge is -2.12. The molecule has 0 saturated carbocycles. The molecule has 0 spiro atoms. The summed E-state index contributed by atoms with van der Waals surface area (Å²) in [5.41, 5.74) is 1.16. The number of rotatable bonds is 7. The Labute approximate surface area is 166 Å². The highest BCUT2D eigenvalue weighted by Gasteiger charge is 2.23. The standard InChI is InChI=1S/C19H23N3O3S2/c1-2-8-22-18(24)16-13-6-3-7-14(13)27-17(16)21-19(22)26-11-15(23)20-10-12-5-4-9-25-12/h2,12H,1,3-11H2,(H,20,23). The predicted molar refractivity (Wildman–Crippen MR) is 109 cm³/mol. The zero-order chi connectivity index (χ0) is 18.8. The van der Waals surface area contributed by atoms with Gasteiger partial charge in [0.2, 0.25) is 5.91 Å². The van der Waals surface area contributed by atoms with Crippen molar-refractivity contribution in [2.75, 3.05) is 18.9 Å². The average Bonchev–Trinajstić information content (AvgIpc) is 3.37. The summed E-state index contributed by atoms with van der Waals surface area (Å²) >= 11 is 2.93. The molecule has 1 unspecified atom stereocenters. The second kappa shape index (κ2) is 8.16. The molecule has 0 aromatic carbocycles. The highest BCUT2D eigenvalue weighted by atomic mass is 32.2. The minimum atomic E-state index is -0.0660. The van der Waals surface area contributed by atoms with Crippen LogP contribution in [0.4, 0.5) is 0 Å². The summed E-state index contributed by atoms with van der Waals surface area (Å²) in [6.45, 7) is 5.48. The number of allylic oxidation sites excluding steroid dienone is 1. The van der Waals surface area contributed by atoms with Crippen LogP contribution in [0.15, 0.2) is 22.6 Å². The van der Waals surface area contributed by atoms with E-state index >= 15 is 0 Å². The van der Waals surface area contributed by atoms with E-state index in [4.69, 9.17) is 9.72 Å². The van der Waals surface area contributed by atoms with Crippen molar-refractivity contribution in [2.45, 2.75) is 49.9 Å². The number of nitrogens with one attached hydrogen (secondary N) is 1. The highest BCUT2D eigenvalue weighted by molar-refractivity contribution is 7.99. The van der Waals surface area contributed by atoms with Gasteiger partial charge in [-0.05, 0) is 37.7 Å². The van der Waals surface area contributed by atoms with Gasteiger partial charge in [0.15, 0.2) is 5.16 Å². The molecule has 4 rings (SSSR count). The first-order chi connectivity index (χ1) is 13.2. The van der Waals surface area contributed by atoms with Gasteiger partial charge in [-0.25, -0.2) is 4.98 Å². The molecule has 1 aliphatic heterocycles. The van der Waals surface area contributed by atoms with Gasteiger partial charge in [0, 0.05) is 24.6 Å². The van der Waals surface area contributed by atoms with Crippen molar-refractivity contribution in [3.05, 3.63) is 33.4 Å². The number of carbonyl (C=O) groups excluding carboxylic acids is 1. The van der Waals surface area contributed by atoms with E-state index < -0.39 is 0 Å². The van der Waals surface area contributed by atoms with E-state index in [1.165, 1.54) is 22.2 Å². The fourth-order valence-electron chi connectivity index (χ4n) is 3.67. The van der Waals surface area contributed by atoms with Gasteiger partial charge in [-0.3, -0.25) is 14.2 Å². The maximum absolute atomic E-state index is 13.1. The number of amides is 1. The van der Waals surface area contributed by atoms with Crippen molar-refractivity contribution in [2.24, 2.45) is 0 Å². The molecule has 0 radical (unpaired) electrons. The van der Waals surface area contributed by atoms with Gasteiger partial charge in [0.25, 0.3) is 5.56 Å². The SMILES string of the molecule is C=CCn1c(SCC(=O)NCC2CCCO2)nc2sc3c(c2c1=O)CCC3. The van der Waals surface area contributed by atoms with Crippen LogP contribution in [0.1, 0.15) is 29.7 Å². The Kier molecular flexibility index (Phi) is 5.66. The summed E-state index contributed by atoms with van der Waals surface area (Å²) in [7, 11) is 0. The Morgan fingerprint density at radius 3 is 3.11 bits per heavy atom. The Balaban J connectivity index is 1.52. The van der Waals surface area contributed by atoms with Crippen LogP contribution >= 0.6 is 23.1 Å². The Morgan fingerprint density at radius 2 is 2.33 bits per heavy atom. The molecule has 2 aromatic rings. The van der Waals surface area contributed by atoms with Gasteiger partial charge in [0.05, 0.1) is 17.2 Å². The topological polar surface area (TPSA) is 73.2 Å². The van der Waals surface area contributed by atoms with Gasteiger partial charge < -0.3 is 10.1 Å². The molecule has 2 aromatic heterocycles. The minimum absolute atomic E-state index is 0.0124. The number of hydrogen-bond acceptors (Lipinski definition) is 6. The second-order valence-electron chi connectivity index (χ2n) is 6.86. The zero-order valence-corrected chi connectivity index (χ0v) is 16.8. The number of hydrogen-bond donors (Lipinski definition) is 1. The monoisotopic (exact) mass is 405 g/mol. The average molecular weight is 406 g/mol. The molecule has 1 saturated heterocycles.